The van der Waals surface area contributed by atoms with Crippen LogP contribution < -0.4 is 5.43 Å². The van der Waals surface area contributed by atoms with Gasteiger partial charge in [-0.3, -0.25) is 10.2 Å². The first-order valence-electron chi connectivity index (χ1n) is 4.24. The van der Waals surface area contributed by atoms with Crippen LogP contribution in [0.15, 0.2) is 22.7 Å². The third-order valence-electron chi connectivity index (χ3n) is 1.63. The Morgan fingerprint density at radius 3 is 2.50 bits per heavy atom. The van der Waals surface area contributed by atoms with Crippen molar-refractivity contribution in [3.63, 3.8) is 0 Å². The quantitative estimate of drug-likeness (QED) is 0.821. The zero-order valence-corrected chi connectivity index (χ0v) is 10.1. The van der Waals surface area contributed by atoms with Gasteiger partial charge >= 0.3 is 0 Å². The molecule has 0 saturated carbocycles. The summed E-state index contributed by atoms with van der Waals surface area (Å²) in [5, 5.41) is 1.62. The average Bonchev–Trinajstić information content (AvgIpc) is 2.00. The van der Waals surface area contributed by atoms with Crippen LogP contribution >= 0.6 is 15.9 Å². The molecule has 1 aromatic rings. The molecule has 0 heterocycles. The predicted octanol–water partition coefficient (Wildman–Crippen LogP) is 1.96. The number of hydrogen-bond acceptors (Lipinski definition) is 2. The van der Waals surface area contributed by atoms with E-state index >= 15 is 0 Å². The number of carbonyl (C=O) groups excluding carboxylic acids is 1. The third-order valence-corrected chi connectivity index (χ3v) is 2.09. The maximum Gasteiger partial charge on any atom is 0.265 e. The number of carbonyl (C=O) groups is 1. The summed E-state index contributed by atoms with van der Waals surface area (Å²) >= 11 is 3.35. The molecule has 0 aliphatic heterocycles. The number of hydrazine groups is 1. The van der Waals surface area contributed by atoms with E-state index in [-0.39, 0.29) is 5.91 Å². The molecule has 3 nitrogen and oxygen atoms in total. The van der Waals surface area contributed by atoms with E-state index < -0.39 is 0 Å². The summed E-state index contributed by atoms with van der Waals surface area (Å²) in [6, 6.07) is 5.61. The molecule has 14 heavy (non-hydrogen) atoms. The van der Waals surface area contributed by atoms with Crippen LogP contribution in [0.2, 0.25) is 0 Å². The Kier molecular flexibility index (Phi) is 3.66. The first kappa shape index (κ1) is 11.2. The fourth-order valence-corrected chi connectivity index (χ4v) is 1.74. The van der Waals surface area contributed by atoms with Crippen molar-refractivity contribution in [2.24, 2.45) is 0 Å². The molecule has 4 heteroatoms. The van der Waals surface area contributed by atoms with E-state index in [0.717, 1.165) is 10.0 Å². The van der Waals surface area contributed by atoms with Gasteiger partial charge < -0.3 is 0 Å². The molecule has 1 rings (SSSR count). The van der Waals surface area contributed by atoms with Crippen molar-refractivity contribution in [3.8, 4) is 0 Å². The summed E-state index contributed by atoms with van der Waals surface area (Å²) in [4.78, 5) is 11.6. The Hall–Kier alpha value is -0.870. The van der Waals surface area contributed by atoms with Crippen LogP contribution in [0.25, 0.3) is 0 Å². The second-order valence-corrected chi connectivity index (χ2v) is 4.27. The van der Waals surface area contributed by atoms with E-state index in [1.807, 2.05) is 19.1 Å². The van der Waals surface area contributed by atoms with Gasteiger partial charge in [0.05, 0.1) is 0 Å². The molecule has 0 unspecified atom stereocenters. The molecule has 1 amide bonds. The minimum absolute atomic E-state index is 0.0978. The molecule has 0 atom stereocenters. The molecule has 0 saturated heterocycles. The molecule has 1 aromatic carbocycles. The lowest BCUT2D eigenvalue weighted by atomic mass is 10.1. The fraction of sp³-hybridized carbons (Fsp3) is 0.300. The largest absolute Gasteiger partial charge is 0.285 e. The highest BCUT2D eigenvalue weighted by Crippen LogP contribution is 2.15. The molecule has 1 N–H and O–H groups in total. The molecule has 0 aromatic heterocycles. The lowest BCUT2D eigenvalue weighted by molar-refractivity contribution is 0.0857. The number of nitrogens with one attached hydrogen (secondary N) is 1. The van der Waals surface area contributed by atoms with Gasteiger partial charge in [0.15, 0.2) is 0 Å². The summed E-state index contributed by atoms with van der Waals surface area (Å²) in [7, 11) is 3.56. The first-order valence-corrected chi connectivity index (χ1v) is 5.04. The van der Waals surface area contributed by atoms with Crippen LogP contribution in [0, 0.1) is 6.92 Å². The molecule has 0 bridgehead atoms. The first-order chi connectivity index (χ1) is 6.49. The number of benzene rings is 1. The number of hydrogen-bond donors (Lipinski definition) is 1. The van der Waals surface area contributed by atoms with Crippen LogP contribution in [0.1, 0.15) is 15.9 Å². The van der Waals surface area contributed by atoms with E-state index in [0.29, 0.717) is 5.56 Å². The highest BCUT2D eigenvalue weighted by molar-refractivity contribution is 9.10. The maximum atomic E-state index is 11.6. The number of nitrogens with zero attached hydrogens (tertiary/aromatic N) is 1. The lowest BCUT2D eigenvalue weighted by Crippen LogP contribution is -2.36. The zero-order chi connectivity index (χ0) is 10.7. The molecular weight excluding hydrogens is 244 g/mol. The van der Waals surface area contributed by atoms with Crippen molar-refractivity contribution < 1.29 is 4.79 Å². The summed E-state index contributed by atoms with van der Waals surface area (Å²) in [5.74, 6) is -0.0978. The highest BCUT2D eigenvalue weighted by atomic mass is 79.9. The van der Waals surface area contributed by atoms with Crippen LogP contribution in [0.4, 0.5) is 0 Å². The van der Waals surface area contributed by atoms with Crippen molar-refractivity contribution in [3.05, 3.63) is 33.8 Å². The Bertz CT molecular complexity index is 330. The highest BCUT2D eigenvalue weighted by Gasteiger charge is 2.06. The molecular formula is C10H13BrN2O. The van der Waals surface area contributed by atoms with E-state index in [1.165, 1.54) is 0 Å². The zero-order valence-electron chi connectivity index (χ0n) is 8.47. The van der Waals surface area contributed by atoms with E-state index in [4.69, 9.17) is 0 Å². The van der Waals surface area contributed by atoms with Gasteiger partial charge in [0.1, 0.15) is 0 Å². The Morgan fingerprint density at radius 1 is 1.36 bits per heavy atom. The summed E-state index contributed by atoms with van der Waals surface area (Å²) in [5.41, 5.74) is 4.40. The fourth-order valence-electron chi connectivity index (χ4n) is 1.14. The van der Waals surface area contributed by atoms with Gasteiger partial charge in [0.2, 0.25) is 0 Å². The van der Waals surface area contributed by atoms with Crippen molar-refractivity contribution in [2.75, 3.05) is 14.1 Å². The van der Waals surface area contributed by atoms with Gasteiger partial charge in [-0.2, -0.15) is 0 Å². The Balaban J connectivity index is 2.90. The third kappa shape index (κ3) is 3.12. The molecule has 0 aliphatic carbocycles. The second-order valence-electron chi connectivity index (χ2n) is 3.35. The standard InChI is InChI=1S/C10H13BrN2O/c1-7-4-8(6-9(11)5-7)10(14)12-13(2)3/h4-6H,1-3H3,(H,12,14). The van der Waals surface area contributed by atoms with Crippen LogP contribution in [-0.2, 0) is 0 Å². The minimum atomic E-state index is -0.0978. The van der Waals surface area contributed by atoms with Crippen molar-refractivity contribution in [1.82, 2.24) is 10.4 Å². The predicted molar refractivity (Wildman–Crippen MR) is 60.0 cm³/mol. The van der Waals surface area contributed by atoms with Crippen LogP contribution in [0.3, 0.4) is 0 Å². The maximum absolute atomic E-state index is 11.6. The van der Waals surface area contributed by atoms with Crippen molar-refractivity contribution in [1.29, 1.82) is 0 Å². The molecule has 0 aliphatic rings. The van der Waals surface area contributed by atoms with E-state index in [9.17, 15) is 4.79 Å². The molecule has 0 radical (unpaired) electrons. The minimum Gasteiger partial charge on any atom is -0.285 e. The smallest absolute Gasteiger partial charge is 0.265 e. The monoisotopic (exact) mass is 256 g/mol. The number of amides is 1. The van der Waals surface area contributed by atoms with Gasteiger partial charge in [-0.25, -0.2) is 5.01 Å². The normalized spacial score (nSPS) is 10.4. The van der Waals surface area contributed by atoms with Gasteiger partial charge in [0, 0.05) is 24.1 Å². The molecule has 76 valence electrons. The Labute approximate surface area is 92.2 Å². The Morgan fingerprint density at radius 2 is 2.00 bits per heavy atom. The van der Waals surface area contributed by atoms with Crippen LogP contribution in [-0.4, -0.2) is 25.0 Å². The van der Waals surface area contributed by atoms with E-state index in [1.54, 1.807) is 25.2 Å². The summed E-state index contributed by atoms with van der Waals surface area (Å²) in [6.45, 7) is 1.96. The second kappa shape index (κ2) is 4.57. The molecule has 0 spiro atoms. The van der Waals surface area contributed by atoms with Crippen molar-refractivity contribution >= 4 is 21.8 Å². The van der Waals surface area contributed by atoms with Crippen LogP contribution in [0.5, 0.6) is 0 Å². The van der Waals surface area contributed by atoms with Gasteiger partial charge in [0.25, 0.3) is 5.91 Å². The number of aryl methyl sites for hydroxylation is 1. The number of halogens is 1. The van der Waals surface area contributed by atoms with Gasteiger partial charge in [-0.1, -0.05) is 15.9 Å². The summed E-state index contributed by atoms with van der Waals surface area (Å²) < 4.78 is 0.918. The SMILES string of the molecule is Cc1cc(Br)cc(C(=O)NN(C)C)c1. The number of rotatable bonds is 2. The average molecular weight is 257 g/mol. The van der Waals surface area contributed by atoms with Gasteiger partial charge in [-0.05, 0) is 30.7 Å². The van der Waals surface area contributed by atoms with Crippen molar-refractivity contribution in [2.45, 2.75) is 6.92 Å². The topological polar surface area (TPSA) is 32.3 Å². The molecule has 0 fully saturated rings. The van der Waals surface area contributed by atoms with Gasteiger partial charge in [-0.15, -0.1) is 0 Å². The summed E-state index contributed by atoms with van der Waals surface area (Å²) in [6.07, 6.45) is 0. The van der Waals surface area contributed by atoms with E-state index in [2.05, 4.69) is 21.4 Å². The lowest BCUT2D eigenvalue weighted by Gasteiger charge is -2.12.